The van der Waals surface area contributed by atoms with Gasteiger partial charge >= 0.3 is 0 Å². The largest absolute Gasteiger partial charge is 0.330 e. The first kappa shape index (κ1) is 11.0. The van der Waals surface area contributed by atoms with Crippen LogP contribution in [0.2, 0.25) is 0 Å². The second-order valence-corrected chi connectivity index (χ2v) is 4.93. The Hall–Kier alpha value is -0.0400. The first-order valence-electron chi connectivity index (χ1n) is 5.94. The SMILES string of the molecule is CC(CCN)CCCC1CCC1C. The molecule has 3 atom stereocenters. The third kappa shape index (κ3) is 3.68. The van der Waals surface area contributed by atoms with Gasteiger partial charge in [-0.15, -0.1) is 0 Å². The van der Waals surface area contributed by atoms with Gasteiger partial charge in [0.05, 0.1) is 0 Å². The highest BCUT2D eigenvalue weighted by Crippen LogP contribution is 2.37. The van der Waals surface area contributed by atoms with Gasteiger partial charge in [0, 0.05) is 0 Å². The lowest BCUT2D eigenvalue weighted by molar-refractivity contribution is 0.176. The summed E-state index contributed by atoms with van der Waals surface area (Å²) in [6.45, 7) is 5.59. The highest BCUT2D eigenvalue weighted by atomic mass is 14.5. The Balaban J connectivity index is 1.94. The van der Waals surface area contributed by atoms with E-state index in [1.54, 1.807) is 0 Å². The topological polar surface area (TPSA) is 26.0 Å². The molecule has 1 heteroatoms. The van der Waals surface area contributed by atoms with Crippen molar-refractivity contribution in [2.24, 2.45) is 23.5 Å². The van der Waals surface area contributed by atoms with E-state index in [1.165, 1.54) is 38.5 Å². The van der Waals surface area contributed by atoms with Gasteiger partial charge in [-0.25, -0.2) is 0 Å². The van der Waals surface area contributed by atoms with E-state index in [2.05, 4.69) is 13.8 Å². The Morgan fingerprint density at radius 3 is 2.54 bits per heavy atom. The van der Waals surface area contributed by atoms with Crippen molar-refractivity contribution in [2.75, 3.05) is 6.54 Å². The molecule has 1 fully saturated rings. The van der Waals surface area contributed by atoms with Crippen LogP contribution < -0.4 is 5.73 Å². The van der Waals surface area contributed by atoms with Crippen LogP contribution in [0.15, 0.2) is 0 Å². The van der Waals surface area contributed by atoms with Crippen LogP contribution in [-0.4, -0.2) is 6.54 Å². The molecule has 1 aliphatic carbocycles. The minimum atomic E-state index is 0.848. The summed E-state index contributed by atoms with van der Waals surface area (Å²) in [6, 6.07) is 0. The van der Waals surface area contributed by atoms with E-state index in [4.69, 9.17) is 5.73 Å². The summed E-state index contributed by atoms with van der Waals surface area (Å²) in [5.41, 5.74) is 5.52. The first-order chi connectivity index (χ1) is 6.24. The Morgan fingerprint density at radius 2 is 2.08 bits per heavy atom. The minimum absolute atomic E-state index is 0.848. The molecule has 0 aromatic heterocycles. The molecular weight excluding hydrogens is 158 g/mol. The van der Waals surface area contributed by atoms with Gasteiger partial charge in [0.2, 0.25) is 0 Å². The van der Waals surface area contributed by atoms with E-state index >= 15 is 0 Å². The van der Waals surface area contributed by atoms with E-state index in [0.717, 1.165) is 24.3 Å². The standard InChI is InChI=1S/C12H25N/c1-10(8-9-13)4-3-5-12-7-6-11(12)2/h10-12H,3-9,13H2,1-2H3. The van der Waals surface area contributed by atoms with Crippen LogP contribution in [0.5, 0.6) is 0 Å². The lowest BCUT2D eigenvalue weighted by Gasteiger charge is -2.34. The molecule has 0 bridgehead atoms. The molecule has 0 spiro atoms. The Morgan fingerprint density at radius 1 is 1.31 bits per heavy atom. The number of nitrogens with two attached hydrogens (primary N) is 1. The summed E-state index contributed by atoms with van der Waals surface area (Å²) in [5.74, 6) is 2.93. The third-order valence-corrected chi connectivity index (χ3v) is 3.73. The molecule has 0 amide bonds. The van der Waals surface area contributed by atoms with Crippen LogP contribution >= 0.6 is 0 Å². The van der Waals surface area contributed by atoms with Crippen LogP contribution in [0.4, 0.5) is 0 Å². The summed E-state index contributed by atoms with van der Waals surface area (Å²) in [5, 5.41) is 0. The Labute approximate surface area is 83.1 Å². The van der Waals surface area contributed by atoms with Gasteiger partial charge in [-0.1, -0.05) is 39.5 Å². The van der Waals surface area contributed by atoms with Crippen molar-refractivity contribution < 1.29 is 0 Å². The lowest BCUT2D eigenvalue weighted by atomic mass is 9.72. The third-order valence-electron chi connectivity index (χ3n) is 3.73. The molecule has 1 saturated carbocycles. The number of hydrogen-bond acceptors (Lipinski definition) is 1. The van der Waals surface area contributed by atoms with Gasteiger partial charge in [0.1, 0.15) is 0 Å². The Kier molecular flexibility index (Phi) is 4.79. The maximum absolute atomic E-state index is 5.52. The van der Waals surface area contributed by atoms with Crippen molar-refractivity contribution in [3.8, 4) is 0 Å². The first-order valence-corrected chi connectivity index (χ1v) is 5.94. The maximum Gasteiger partial charge on any atom is -0.00747 e. The smallest absolute Gasteiger partial charge is 0.00747 e. The highest BCUT2D eigenvalue weighted by molar-refractivity contribution is 4.77. The zero-order chi connectivity index (χ0) is 9.68. The highest BCUT2D eigenvalue weighted by Gasteiger charge is 2.25. The molecule has 0 aliphatic heterocycles. The van der Waals surface area contributed by atoms with E-state index in [-0.39, 0.29) is 0 Å². The summed E-state index contributed by atoms with van der Waals surface area (Å²) >= 11 is 0. The van der Waals surface area contributed by atoms with Crippen LogP contribution in [0.3, 0.4) is 0 Å². The van der Waals surface area contributed by atoms with Crippen LogP contribution in [-0.2, 0) is 0 Å². The van der Waals surface area contributed by atoms with Gasteiger partial charge in [-0.3, -0.25) is 0 Å². The number of hydrogen-bond donors (Lipinski definition) is 1. The maximum atomic E-state index is 5.52. The van der Waals surface area contributed by atoms with E-state index < -0.39 is 0 Å². The molecule has 3 unspecified atom stereocenters. The lowest BCUT2D eigenvalue weighted by Crippen LogP contribution is -2.22. The molecule has 0 heterocycles. The van der Waals surface area contributed by atoms with Gasteiger partial charge in [-0.2, -0.15) is 0 Å². The average molecular weight is 183 g/mol. The van der Waals surface area contributed by atoms with Crippen molar-refractivity contribution in [2.45, 2.75) is 52.4 Å². The fourth-order valence-electron chi connectivity index (χ4n) is 2.32. The molecule has 1 nitrogen and oxygen atoms in total. The van der Waals surface area contributed by atoms with Gasteiger partial charge in [0.15, 0.2) is 0 Å². The molecular formula is C12H25N. The average Bonchev–Trinajstić information content (AvgIpc) is 2.10. The summed E-state index contributed by atoms with van der Waals surface area (Å²) in [6.07, 6.45) is 8.46. The molecule has 0 radical (unpaired) electrons. The van der Waals surface area contributed by atoms with Crippen molar-refractivity contribution >= 4 is 0 Å². The molecule has 0 aromatic carbocycles. The van der Waals surface area contributed by atoms with Gasteiger partial charge < -0.3 is 5.73 Å². The molecule has 1 rings (SSSR count). The monoisotopic (exact) mass is 183 g/mol. The van der Waals surface area contributed by atoms with Crippen molar-refractivity contribution in [1.82, 2.24) is 0 Å². The summed E-state index contributed by atoms with van der Waals surface area (Å²) in [4.78, 5) is 0. The predicted molar refractivity (Wildman–Crippen MR) is 58.6 cm³/mol. The fourth-order valence-corrected chi connectivity index (χ4v) is 2.32. The van der Waals surface area contributed by atoms with Crippen LogP contribution in [0.25, 0.3) is 0 Å². The molecule has 2 N–H and O–H groups in total. The van der Waals surface area contributed by atoms with E-state index in [9.17, 15) is 0 Å². The van der Waals surface area contributed by atoms with Crippen LogP contribution in [0.1, 0.15) is 52.4 Å². The van der Waals surface area contributed by atoms with Crippen LogP contribution in [0, 0.1) is 17.8 Å². The van der Waals surface area contributed by atoms with Crippen molar-refractivity contribution in [3.05, 3.63) is 0 Å². The molecule has 0 aromatic rings. The zero-order valence-corrected chi connectivity index (χ0v) is 9.26. The fraction of sp³-hybridized carbons (Fsp3) is 1.00. The molecule has 78 valence electrons. The normalized spacial score (nSPS) is 29.8. The van der Waals surface area contributed by atoms with E-state index in [0.29, 0.717) is 0 Å². The minimum Gasteiger partial charge on any atom is -0.330 e. The van der Waals surface area contributed by atoms with Crippen molar-refractivity contribution in [3.63, 3.8) is 0 Å². The van der Waals surface area contributed by atoms with Crippen molar-refractivity contribution in [1.29, 1.82) is 0 Å². The second kappa shape index (κ2) is 5.64. The summed E-state index contributed by atoms with van der Waals surface area (Å²) in [7, 11) is 0. The zero-order valence-electron chi connectivity index (χ0n) is 9.26. The quantitative estimate of drug-likeness (QED) is 0.672. The Bertz CT molecular complexity index is 133. The second-order valence-electron chi connectivity index (χ2n) is 4.93. The van der Waals surface area contributed by atoms with Gasteiger partial charge in [0.25, 0.3) is 0 Å². The molecule has 1 aliphatic rings. The van der Waals surface area contributed by atoms with Gasteiger partial charge in [-0.05, 0) is 37.1 Å². The number of rotatable bonds is 6. The molecule has 0 saturated heterocycles. The summed E-state index contributed by atoms with van der Waals surface area (Å²) < 4.78 is 0. The van der Waals surface area contributed by atoms with E-state index in [1.807, 2.05) is 0 Å². The molecule has 13 heavy (non-hydrogen) atoms. The predicted octanol–water partition coefficient (Wildman–Crippen LogP) is 3.19.